The van der Waals surface area contributed by atoms with Gasteiger partial charge in [-0.3, -0.25) is 9.59 Å². The molecule has 2 aromatic heterocycles. The molecule has 8 rings (SSSR count). The molecule has 0 radical (unpaired) electrons. The van der Waals surface area contributed by atoms with Crippen LogP contribution in [0.15, 0.2) is 60.8 Å². The van der Waals surface area contributed by atoms with Gasteiger partial charge in [0.25, 0.3) is 0 Å². The minimum absolute atomic E-state index is 0.0900. The van der Waals surface area contributed by atoms with Gasteiger partial charge in [-0.2, -0.15) is 0 Å². The molecular formula is C39H40N8O6. The van der Waals surface area contributed by atoms with Crippen molar-refractivity contribution in [2.24, 2.45) is 0 Å². The molecule has 2 saturated carbocycles. The minimum Gasteiger partial charge on any atom is -0.453 e. The van der Waals surface area contributed by atoms with Crippen molar-refractivity contribution in [3.05, 3.63) is 83.6 Å². The molecule has 0 spiro atoms. The van der Waals surface area contributed by atoms with E-state index >= 15 is 0 Å². The molecule has 0 bridgehead atoms. The summed E-state index contributed by atoms with van der Waals surface area (Å²) in [5, 5.41) is 5.46. The van der Waals surface area contributed by atoms with E-state index in [4.69, 9.17) is 14.5 Å². The summed E-state index contributed by atoms with van der Waals surface area (Å²) in [6.45, 7) is 5.14. The zero-order chi connectivity index (χ0) is 36.9. The second-order valence-corrected chi connectivity index (χ2v) is 14.3. The number of methoxy groups -OCH3 is 2. The number of nitrogens with one attached hydrogen (secondary N) is 4. The Hall–Kier alpha value is -6.10. The van der Waals surface area contributed by atoms with Crippen LogP contribution in [-0.4, -0.2) is 92.1 Å². The summed E-state index contributed by atoms with van der Waals surface area (Å²) in [6.07, 6.45) is 5.10. The van der Waals surface area contributed by atoms with Gasteiger partial charge in [0.05, 0.1) is 49.2 Å². The lowest BCUT2D eigenvalue weighted by atomic mass is 10.1. The number of amides is 4. The lowest BCUT2D eigenvalue weighted by Crippen LogP contribution is -2.50. The number of aromatic amines is 2. The fraction of sp³-hybridized carbons (Fsp3) is 0.385. The van der Waals surface area contributed by atoms with E-state index in [1.807, 2.05) is 47.4 Å². The molecule has 2 aliphatic heterocycles. The van der Waals surface area contributed by atoms with Gasteiger partial charge in [0.2, 0.25) is 11.8 Å². The summed E-state index contributed by atoms with van der Waals surface area (Å²) in [5.41, 5.74) is 4.14. The van der Waals surface area contributed by atoms with Crippen LogP contribution in [-0.2, 0) is 19.1 Å². The van der Waals surface area contributed by atoms with Crippen LogP contribution in [0, 0.1) is 11.8 Å². The number of carbonyl (C=O) groups excluding carboxylic acids is 4. The molecule has 2 aromatic carbocycles. The van der Waals surface area contributed by atoms with Crippen molar-refractivity contribution in [3.63, 3.8) is 0 Å². The third-order valence-corrected chi connectivity index (χ3v) is 10.7. The first-order chi connectivity index (χ1) is 25.6. The quantitative estimate of drug-likeness (QED) is 0.158. The Kier molecular flexibility index (Phi) is 8.44. The maximum atomic E-state index is 13.5. The average molecular weight is 717 g/mol. The molecule has 4 amide bonds. The maximum absolute atomic E-state index is 13.5. The second-order valence-electron chi connectivity index (χ2n) is 14.3. The van der Waals surface area contributed by atoms with Crippen molar-refractivity contribution in [3.8, 4) is 23.1 Å². The van der Waals surface area contributed by atoms with Crippen LogP contribution in [0.1, 0.15) is 79.8 Å². The zero-order valence-corrected chi connectivity index (χ0v) is 29.6. The first kappa shape index (κ1) is 34.0. The minimum atomic E-state index is -0.930. The van der Waals surface area contributed by atoms with Gasteiger partial charge < -0.3 is 39.9 Å². The first-order valence-electron chi connectivity index (χ1n) is 17.8. The van der Waals surface area contributed by atoms with E-state index in [2.05, 4.69) is 44.0 Å². The third-order valence-electron chi connectivity index (χ3n) is 10.7. The number of hydrogen-bond acceptors (Lipinski definition) is 8. The highest BCUT2D eigenvalue weighted by Crippen LogP contribution is 2.44. The largest absolute Gasteiger partial charge is 0.453 e. The van der Waals surface area contributed by atoms with E-state index in [-0.39, 0.29) is 23.9 Å². The van der Waals surface area contributed by atoms with Crippen LogP contribution in [0.2, 0.25) is 0 Å². The van der Waals surface area contributed by atoms with E-state index < -0.39 is 23.3 Å². The van der Waals surface area contributed by atoms with E-state index in [0.717, 1.165) is 57.7 Å². The van der Waals surface area contributed by atoms with Gasteiger partial charge >= 0.3 is 12.2 Å². The maximum Gasteiger partial charge on any atom is 0.407 e. The summed E-state index contributed by atoms with van der Waals surface area (Å²) in [5.74, 6) is 7.64. The summed E-state index contributed by atoms with van der Waals surface area (Å²) < 4.78 is 9.48. The van der Waals surface area contributed by atoms with Gasteiger partial charge in [0.15, 0.2) is 0 Å². The molecule has 2 saturated heterocycles. The molecule has 0 unspecified atom stereocenters. The number of imidazole rings is 2. The Balaban J connectivity index is 0.935. The lowest BCUT2D eigenvalue weighted by molar-refractivity contribution is -0.136. The molecular weight excluding hydrogens is 676 g/mol. The highest BCUT2D eigenvalue weighted by Gasteiger charge is 2.56. The normalized spacial score (nSPS) is 20.8. The van der Waals surface area contributed by atoms with Crippen LogP contribution in [0.3, 0.4) is 0 Å². The van der Waals surface area contributed by atoms with E-state index in [0.29, 0.717) is 51.0 Å². The number of nitrogens with zero attached hydrogens (tertiary/aromatic N) is 4. The first-order valence-corrected chi connectivity index (χ1v) is 17.8. The molecule has 4 N–H and O–H groups in total. The molecule has 4 heterocycles. The number of H-pyrrole nitrogens is 2. The van der Waals surface area contributed by atoms with Crippen molar-refractivity contribution >= 4 is 35.0 Å². The number of carbonyl (C=O) groups is 4. The molecule has 4 aromatic rings. The van der Waals surface area contributed by atoms with Gasteiger partial charge in [-0.15, -0.1) is 0 Å². The number of alkyl carbamates (subject to hydrolysis) is 2. The lowest BCUT2D eigenvalue weighted by Gasteiger charge is -2.28. The van der Waals surface area contributed by atoms with Crippen molar-refractivity contribution in [1.82, 2.24) is 40.4 Å². The van der Waals surface area contributed by atoms with Crippen LogP contribution in [0.25, 0.3) is 22.3 Å². The zero-order valence-electron chi connectivity index (χ0n) is 29.6. The number of likely N-dealkylation sites (tertiary alicyclic amines) is 2. The number of benzene rings is 2. The Morgan fingerprint density at radius 3 is 2.15 bits per heavy atom. The summed E-state index contributed by atoms with van der Waals surface area (Å²) >= 11 is 0. The van der Waals surface area contributed by atoms with Crippen molar-refractivity contribution in [2.45, 2.75) is 68.1 Å². The SMILES string of the molecule is C=C1C[C@@H](c2ncc(-c3ccc(C#Cc4ccc5nc([C@@H]6CCCN6C(=O)C6(NC(=O)OC)CC6)[nH]c5c4)cc3)[nH]2)N(C(=O)C2(NC(=O)OC)CC2)C1. The van der Waals surface area contributed by atoms with Crippen LogP contribution < -0.4 is 10.6 Å². The van der Waals surface area contributed by atoms with Crippen molar-refractivity contribution < 1.29 is 28.7 Å². The monoisotopic (exact) mass is 716 g/mol. The molecule has 272 valence electrons. The molecule has 2 atom stereocenters. The highest BCUT2D eigenvalue weighted by atomic mass is 16.5. The third kappa shape index (κ3) is 6.47. The Labute approximate surface area is 305 Å². The number of hydrogen-bond donors (Lipinski definition) is 4. The van der Waals surface area contributed by atoms with Crippen molar-refractivity contribution in [2.75, 3.05) is 27.3 Å². The summed E-state index contributed by atoms with van der Waals surface area (Å²) in [4.78, 5) is 70.6. The molecule has 4 aliphatic rings. The average Bonchev–Trinajstić information content (AvgIpc) is 3.77. The fourth-order valence-corrected chi connectivity index (χ4v) is 7.42. The van der Waals surface area contributed by atoms with Gasteiger partial charge in [-0.05, 0) is 80.8 Å². The molecule has 14 heteroatoms. The predicted molar refractivity (Wildman–Crippen MR) is 193 cm³/mol. The number of aromatic nitrogens is 4. The number of ether oxygens (including phenoxy) is 2. The summed E-state index contributed by atoms with van der Waals surface area (Å²) in [7, 11) is 2.58. The van der Waals surface area contributed by atoms with Crippen LogP contribution >= 0.6 is 0 Å². The highest BCUT2D eigenvalue weighted by molar-refractivity contribution is 5.94. The Morgan fingerprint density at radius 1 is 0.849 bits per heavy atom. The number of rotatable bonds is 7. The molecule has 53 heavy (non-hydrogen) atoms. The number of fused-ring (bicyclic) bond motifs is 1. The van der Waals surface area contributed by atoms with Gasteiger partial charge in [-0.1, -0.05) is 36.1 Å². The standard InChI is InChI=1S/C39H40N8O6/c1-23-19-31(47(22-23)35(49)39(16-17-39)45-37(51)53-3)32-40-21-29(43-32)26-11-8-24(9-12-26)6-7-25-10-13-27-28(20-25)42-33(41-27)30-5-4-18-46(30)34(48)38(14-15-38)44-36(50)52-2/h8-13,20-21,30-31H,1,4-5,14-19,22H2,2-3H3,(H,40,43)(H,41,42)(H,44,50)(H,45,51)/t30-,31-/m0/s1. The molecule has 14 nitrogen and oxygen atoms in total. The van der Waals surface area contributed by atoms with Gasteiger partial charge in [0, 0.05) is 24.2 Å². The smallest absolute Gasteiger partial charge is 0.407 e. The van der Waals surface area contributed by atoms with Crippen molar-refractivity contribution in [1.29, 1.82) is 0 Å². The predicted octanol–water partition coefficient (Wildman–Crippen LogP) is 4.62. The molecule has 2 aliphatic carbocycles. The topological polar surface area (TPSA) is 175 Å². The van der Waals surface area contributed by atoms with E-state index in [9.17, 15) is 19.2 Å². The van der Waals surface area contributed by atoms with Gasteiger partial charge in [-0.25, -0.2) is 19.6 Å². The van der Waals surface area contributed by atoms with E-state index in [1.165, 1.54) is 14.2 Å². The second kappa shape index (κ2) is 13.1. The van der Waals surface area contributed by atoms with Crippen LogP contribution in [0.4, 0.5) is 9.59 Å². The van der Waals surface area contributed by atoms with Crippen LogP contribution in [0.5, 0.6) is 0 Å². The Morgan fingerprint density at radius 2 is 1.49 bits per heavy atom. The fourth-order valence-electron chi connectivity index (χ4n) is 7.42. The Bertz CT molecular complexity index is 2200. The van der Waals surface area contributed by atoms with E-state index in [1.54, 1.807) is 11.1 Å². The summed E-state index contributed by atoms with van der Waals surface area (Å²) in [6, 6.07) is 13.2. The van der Waals surface area contributed by atoms with Gasteiger partial charge in [0.1, 0.15) is 22.7 Å². The molecule has 4 fully saturated rings.